The maximum absolute atomic E-state index is 11.9. The summed E-state index contributed by atoms with van der Waals surface area (Å²) in [5, 5.41) is 5.02. The first kappa shape index (κ1) is 15.1. The predicted molar refractivity (Wildman–Crippen MR) is 74.6 cm³/mol. The molecule has 1 amide bonds. The Morgan fingerprint density at radius 2 is 2.39 bits per heavy atom. The number of nitrogens with one attached hydrogen (secondary N) is 1. The molecule has 3 N–H and O–H groups in total. The Morgan fingerprint density at radius 1 is 1.61 bits per heavy atom. The van der Waals surface area contributed by atoms with E-state index in [1.54, 1.807) is 18.4 Å². The number of methoxy groups -OCH3 is 1. The van der Waals surface area contributed by atoms with Gasteiger partial charge in [0.1, 0.15) is 0 Å². The normalized spacial score (nSPS) is 14.2. The summed E-state index contributed by atoms with van der Waals surface area (Å²) in [6.07, 6.45) is 2.33. The molecule has 0 aliphatic rings. The van der Waals surface area contributed by atoms with Crippen LogP contribution in [0.5, 0.6) is 0 Å². The van der Waals surface area contributed by atoms with Crippen molar-refractivity contribution in [3.8, 4) is 0 Å². The molecule has 1 heterocycles. The predicted octanol–water partition coefficient (Wildman–Crippen LogP) is 2.07. The third-order valence-electron chi connectivity index (χ3n) is 2.81. The number of carbonyl (C=O) groups is 1. The van der Waals surface area contributed by atoms with Crippen molar-refractivity contribution in [3.05, 3.63) is 22.4 Å². The van der Waals surface area contributed by atoms with Gasteiger partial charge in [0.25, 0.3) is 0 Å². The van der Waals surface area contributed by atoms with Crippen molar-refractivity contribution in [2.45, 2.75) is 38.3 Å². The minimum absolute atomic E-state index is 0.0750. The zero-order valence-electron chi connectivity index (χ0n) is 11.0. The van der Waals surface area contributed by atoms with Crippen molar-refractivity contribution in [1.82, 2.24) is 5.32 Å². The number of hydrogen-bond donors (Lipinski definition) is 2. The van der Waals surface area contributed by atoms with Crippen molar-refractivity contribution in [2.24, 2.45) is 5.73 Å². The highest BCUT2D eigenvalue weighted by Gasteiger charge is 2.18. The van der Waals surface area contributed by atoms with Gasteiger partial charge in [-0.25, -0.2) is 0 Å². The highest BCUT2D eigenvalue weighted by molar-refractivity contribution is 7.10. The van der Waals surface area contributed by atoms with E-state index >= 15 is 0 Å². The molecule has 0 fully saturated rings. The number of hydrogen-bond acceptors (Lipinski definition) is 4. The number of carbonyl (C=O) groups excluding carboxylic acids is 1. The highest BCUT2D eigenvalue weighted by atomic mass is 32.1. The molecule has 1 aromatic heterocycles. The van der Waals surface area contributed by atoms with Crippen LogP contribution in [0.4, 0.5) is 0 Å². The monoisotopic (exact) mass is 270 g/mol. The molecular formula is C13H22N2O2S. The van der Waals surface area contributed by atoms with Gasteiger partial charge in [0.2, 0.25) is 5.91 Å². The number of thiophene rings is 1. The molecule has 0 spiro atoms. The van der Waals surface area contributed by atoms with Gasteiger partial charge in [-0.15, -0.1) is 11.3 Å². The van der Waals surface area contributed by atoms with Crippen molar-refractivity contribution in [2.75, 3.05) is 13.7 Å². The van der Waals surface area contributed by atoms with Gasteiger partial charge in [0.05, 0.1) is 12.1 Å². The molecule has 0 aliphatic carbocycles. The largest absolute Gasteiger partial charge is 0.385 e. The summed E-state index contributed by atoms with van der Waals surface area (Å²) >= 11 is 1.66. The average Bonchev–Trinajstić information content (AvgIpc) is 2.89. The van der Waals surface area contributed by atoms with Gasteiger partial charge in [-0.3, -0.25) is 4.79 Å². The molecule has 2 atom stereocenters. The van der Waals surface area contributed by atoms with Gasteiger partial charge in [0, 0.05) is 18.6 Å². The molecule has 2 unspecified atom stereocenters. The second-order valence-electron chi connectivity index (χ2n) is 4.23. The van der Waals surface area contributed by atoms with Gasteiger partial charge in [0.15, 0.2) is 0 Å². The summed E-state index contributed by atoms with van der Waals surface area (Å²) in [6.45, 7) is 2.70. The molecule has 0 saturated heterocycles. The van der Waals surface area contributed by atoms with Crippen molar-refractivity contribution < 1.29 is 9.53 Å². The van der Waals surface area contributed by atoms with Crippen LogP contribution in [0.15, 0.2) is 17.5 Å². The van der Waals surface area contributed by atoms with Crippen molar-refractivity contribution in [3.63, 3.8) is 0 Å². The molecule has 0 aromatic carbocycles. The maximum Gasteiger partial charge on any atom is 0.237 e. The summed E-state index contributed by atoms with van der Waals surface area (Å²) in [6, 6.07) is 3.66. The lowest BCUT2D eigenvalue weighted by molar-refractivity contribution is -0.123. The molecule has 102 valence electrons. The molecule has 0 bridgehead atoms. The van der Waals surface area contributed by atoms with E-state index < -0.39 is 6.04 Å². The van der Waals surface area contributed by atoms with Gasteiger partial charge >= 0.3 is 0 Å². The van der Waals surface area contributed by atoms with Gasteiger partial charge in [-0.05, 0) is 30.7 Å². The van der Waals surface area contributed by atoms with E-state index in [9.17, 15) is 4.79 Å². The van der Waals surface area contributed by atoms with Crippen molar-refractivity contribution in [1.29, 1.82) is 0 Å². The lowest BCUT2D eigenvalue weighted by Gasteiger charge is -2.18. The van der Waals surface area contributed by atoms with Crippen molar-refractivity contribution >= 4 is 17.2 Å². The fourth-order valence-electron chi connectivity index (χ4n) is 1.72. The van der Waals surface area contributed by atoms with E-state index in [1.807, 2.05) is 17.5 Å². The van der Waals surface area contributed by atoms with Gasteiger partial charge < -0.3 is 15.8 Å². The van der Waals surface area contributed by atoms with Gasteiger partial charge in [-0.1, -0.05) is 13.0 Å². The molecule has 18 heavy (non-hydrogen) atoms. The number of amides is 1. The van der Waals surface area contributed by atoms with Gasteiger partial charge in [-0.2, -0.15) is 0 Å². The quantitative estimate of drug-likeness (QED) is 0.711. The Bertz CT molecular complexity index is 341. The lowest BCUT2D eigenvalue weighted by Crippen LogP contribution is -2.42. The second kappa shape index (κ2) is 8.24. The van der Waals surface area contributed by atoms with E-state index in [0.29, 0.717) is 13.0 Å². The van der Waals surface area contributed by atoms with Crippen LogP contribution in [-0.2, 0) is 9.53 Å². The smallest absolute Gasteiger partial charge is 0.237 e. The summed E-state index contributed by atoms with van der Waals surface area (Å²) in [5.74, 6) is -0.0775. The molecule has 5 heteroatoms. The summed E-state index contributed by atoms with van der Waals surface area (Å²) < 4.78 is 4.95. The summed E-state index contributed by atoms with van der Waals surface area (Å²) in [7, 11) is 1.65. The van der Waals surface area contributed by atoms with Crippen LogP contribution in [-0.4, -0.2) is 25.7 Å². The van der Waals surface area contributed by atoms with E-state index in [1.165, 1.54) is 4.88 Å². The summed E-state index contributed by atoms with van der Waals surface area (Å²) in [4.78, 5) is 13.1. The first-order valence-electron chi connectivity index (χ1n) is 6.27. The fourth-order valence-corrected chi connectivity index (χ4v) is 2.58. The minimum Gasteiger partial charge on any atom is -0.385 e. The Balaban J connectivity index is 2.42. The molecule has 4 nitrogen and oxygen atoms in total. The third-order valence-corrected chi connectivity index (χ3v) is 3.80. The van der Waals surface area contributed by atoms with Crippen LogP contribution >= 0.6 is 11.3 Å². The van der Waals surface area contributed by atoms with Crippen LogP contribution in [0, 0.1) is 0 Å². The first-order chi connectivity index (χ1) is 8.69. The Morgan fingerprint density at radius 3 is 2.94 bits per heavy atom. The van der Waals surface area contributed by atoms with Crippen LogP contribution in [0.1, 0.15) is 37.1 Å². The number of ether oxygens (including phenoxy) is 1. The molecule has 1 aromatic rings. The number of rotatable bonds is 8. The molecule has 1 rings (SSSR count). The standard InChI is InChI=1S/C13H22N2O2S/c1-3-11(12-7-5-9-18-12)15-13(16)10(14)6-4-8-17-2/h5,7,9-11H,3-4,6,8,14H2,1-2H3,(H,15,16). The molecule has 0 radical (unpaired) electrons. The molecule has 0 aliphatic heterocycles. The van der Waals surface area contributed by atoms with E-state index in [2.05, 4.69) is 12.2 Å². The Kier molecular flexibility index (Phi) is 6.93. The summed E-state index contributed by atoms with van der Waals surface area (Å²) in [5.41, 5.74) is 5.85. The Labute approximate surface area is 113 Å². The molecule has 0 saturated carbocycles. The minimum atomic E-state index is -0.450. The van der Waals surface area contributed by atoms with Crippen LogP contribution in [0.3, 0.4) is 0 Å². The van der Waals surface area contributed by atoms with E-state index in [4.69, 9.17) is 10.5 Å². The van der Waals surface area contributed by atoms with Crippen LogP contribution in [0.2, 0.25) is 0 Å². The molecular weight excluding hydrogens is 248 g/mol. The van der Waals surface area contributed by atoms with E-state index in [0.717, 1.165) is 12.8 Å². The average molecular weight is 270 g/mol. The first-order valence-corrected chi connectivity index (χ1v) is 7.15. The lowest BCUT2D eigenvalue weighted by atomic mass is 10.1. The number of nitrogens with two attached hydrogens (primary N) is 1. The van der Waals surface area contributed by atoms with Crippen LogP contribution < -0.4 is 11.1 Å². The zero-order valence-corrected chi connectivity index (χ0v) is 11.8. The zero-order chi connectivity index (χ0) is 13.4. The highest BCUT2D eigenvalue weighted by Crippen LogP contribution is 2.21. The van der Waals surface area contributed by atoms with E-state index in [-0.39, 0.29) is 11.9 Å². The second-order valence-corrected chi connectivity index (χ2v) is 5.21. The topological polar surface area (TPSA) is 64.4 Å². The maximum atomic E-state index is 11.9. The fraction of sp³-hybridized carbons (Fsp3) is 0.615. The third kappa shape index (κ3) is 4.76. The Hall–Kier alpha value is -0.910. The SMILES string of the molecule is CCC(NC(=O)C(N)CCCOC)c1cccs1. The van der Waals surface area contributed by atoms with Crippen LogP contribution in [0.25, 0.3) is 0 Å².